The molecule has 68 valence electrons. The Hall–Kier alpha value is -0.370. The van der Waals surface area contributed by atoms with Crippen LogP contribution < -0.4 is 0 Å². The van der Waals surface area contributed by atoms with Gasteiger partial charge in [0.25, 0.3) is 0 Å². The minimum absolute atomic E-state index is 0.266. The molecule has 0 unspecified atom stereocenters. The van der Waals surface area contributed by atoms with Crippen LogP contribution in [0, 0.1) is 11.8 Å². The number of aliphatic hydroxyl groups is 1. The van der Waals surface area contributed by atoms with E-state index in [0.717, 1.165) is 32.0 Å². The SMILES string of the molecule is O=CC1(O)C2CCCC1CCC2. The maximum absolute atomic E-state index is 10.8. The highest BCUT2D eigenvalue weighted by molar-refractivity contribution is 5.64. The van der Waals surface area contributed by atoms with Gasteiger partial charge in [0.2, 0.25) is 0 Å². The summed E-state index contributed by atoms with van der Waals surface area (Å²) < 4.78 is 0. The minimum atomic E-state index is -0.948. The van der Waals surface area contributed by atoms with Crippen LogP contribution in [0.2, 0.25) is 0 Å². The molecule has 2 nitrogen and oxygen atoms in total. The fourth-order valence-electron chi connectivity index (χ4n) is 2.96. The Bertz CT molecular complexity index is 166. The predicted molar refractivity (Wildman–Crippen MR) is 45.7 cm³/mol. The number of hydrogen-bond acceptors (Lipinski definition) is 2. The lowest BCUT2D eigenvalue weighted by molar-refractivity contribution is -0.150. The molecule has 2 heteroatoms. The second-order valence-corrected chi connectivity index (χ2v) is 4.26. The zero-order valence-electron chi connectivity index (χ0n) is 7.33. The summed E-state index contributed by atoms with van der Waals surface area (Å²) >= 11 is 0. The molecular formula is C10H16O2. The van der Waals surface area contributed by atoms with Gasteiger partial charge in [0.1, 0.15) is 5.60 Å². The van der Waals surface area contributed by atoms with Crippen molar-refractivity contribution in [1.82, 2.24) is 0 Å². The number of aldehydes is 1. The molecule has 2 aliphatic rings. The van der Waals surface area contributed by atoms with Crippen LogP contribution in [0.3, 0.4) is 0 Å². The molecule has 0 aromatic carbocycles. The van der Waals surface area contributed by atoms with Crippen molar-refractivity contribution in [3.8, 4) is 0 Å². The van der Waals surface area contributed by atoms with E-state index in [1.54, 1.807) is 0 Å². The van der Waals surface area contributed by atoms with Crippen molar-refractivity contribution in [3.05, 3.63) is 0 Å². The van der Waals surface area contributed by atoms with Gasteiger partial charge in [-0.15, -0.1) is 0 Å². The molecule has 0 amide bonds. The molecular weight excluding hydrogens is 152 g/mol. The van der Waals surface area contributed by atoms with Crippen molar-refractivity contribution >= 4 is 6.29 Å². The number of carbonyl (C=O) groups excluding carboxylic acids is 1. The van der Waals surface area contributed by atoms with E-state index >= 15 is 0 Å². The third-order valence-corrected chi connectivity index (χ3v) is 3.71. The number of rotatable bonds is 1. The third-order valence-electron chi connectivity index (χ3n) is 3.71. The first-order valence-electron chi connectivity index (χ1n) is 4.96. The van der Waals surface area contributed by atoms with Crippen molar-refractivity contribution in [2.24, 2.45) is 11.8 Å². The van der Waals surface area contributed by atoms with Gasteiger partial charge >= 0.3 is 0 Å². The summed E-state index contributed by atoms with van der Waals surface area (Å²) in [5.74, 6) is 0.532. The van der Waals surface area contributed by atoms with Gasteiger partial charge in [-0.25, -0.2) is 0 Å². The summed E-state index contributed by atoms with van der Waals surface area (Å²) in [6.45, 7) is 0. The molecule has 0 saturated heterocycles. The maximum atomic E-state index is 10.8. The fourth-order valence-corrected chi connectivity index (χ4v) is 2.96. The summed E-state index contributed by atoms with van der Waals surface area (Å²) in [6, 6.07) is 0. The van der Waals surface area contributed by atoms with Gasteiger partial charge in [-0.1, -0.05) is 12.8 Å². The summed E-state index contributed by atoms with van der Waals surface area (Å²) in [5, 5.41) is 10.1. The maximum Gasteiger partial charge on any atom is 0.152 e. The number of carbonyl (C=O) groups is 1. The van der Waals surface area contributed by atoms with Crippen LogP contribution in [0.15, 0.2) is 0 Å². The molecule has 0 aromatic rings. The zero-order valence-corrected chi connectivity index (χ0v) is 7.33. The van der Waals surface area contributed by atoms with E-state index in [1.807, 2.05) is 0 Å². The summed E-state index contributed by atoms with van der Waals surface area (Å²) in [4.78, 5) is 10.8. The first-order valence-corrected chi connectivity index (χ1v) is 4.96. The van der Waals surface area contributed by atoms with Gasteiger partial charge in [0.05, 0.1) is 0 Å². The van der Waals surface area contributed by atoms with Crippen LogP contribution in [-0.2, 0) is 4.79 Å². The summed E-state index contributed by atoms with van der Waals surface area (Å²) in [5.41, 5.74) is -0.948. The number of hydrogen-bond donors (Lipinski definition) is 1. The fraction of sp³-hybridized carbons (Fsp3) is 0.900. The Morgan fingerprint density at radius 3 is 1.75 bits per heavy atom. The lowest BCUT2D eigenvalue weighted by Gasteiger charge is -2.46. The van der Waals surface area contributed by atoms with Crippen LogP contribution in [0.4, 0.5) is 0 Å². The lowest BCUT2D eigenvalue weighted by atomic mass is 9.62. The molecule has 0 spiro atoms. The Morgan fingerprint density at radius 2 is 1.50 bits per heavy atom. The monoisotopic (exact) mass is 168 g/mol. The van der Waals surface area contributed by atoms with Crippen LogP contribution in [-0.4, -0.2) is 17.0 Å². The highest BCUT2D eigenvalue weighted by Gasteiger charge is 2.47. The second kappa shape index (κ2) is 2.84. The van der Waals surface area contributed by atoms with Gasteiger partial charge in [-0.2, -0.15) is 0 Å². The topological polar surface area (TPSA) is 37.3 Å². The van der Waals surface area contributed by atoms with E-state index in [9.17, 15) is 9.90 Å². The molecule has 0 aliphatic heterocycles. The molecule has 2 saturated carbocycles. The summed E-state index contributed by atoms with van der Waals surface area (Å²) in [7, 11) is 0. The highest BCUT2D eigenvalue weighted by Crippen LogP contribution is 2.46. The standard InChI is InChI=1S/C10H16O2/c11-7-10(12)8-3-1-4-9(10)6-2-5-8/h7-9,12H,1-6H2. The highest BCUT2D eigenvalue weighted by atomic mass is 16.3. The number of fused-ring (bicyclic) bond motifs is 2. The van der Waals surface area contributed by atoms with Gasteiger partial charge in [0, 0.05) is 0 Å². The molecule has 0 aromatic heterocycles. The van der Waals surface area contributed by atoms with Crippen LogP contribution in [0.5, 0.6) is 0 Å². The first-order chi connectivity index (χ1) is 5.77. The Balaban J connectivity index is 2.24. The van der Waals surface area contributed by atoms with E-state index in [4.69, 9.17) is 0 Å². The smallest absolute Gasteiger partial charge is 0.152 e. The second-order valence-electron chi connectivity index (χ2n) is 4.26. The Kier molecular flexibility index (Phi) is 1.95. The van der Waals surface area contributed by atoms with Gasteiger partial charge in [-0.3, -0.25) is 0 Å². The third kappa shape index (κ3) is 1.01. The zero-order chi connectivity index (χ0) is 8.60. The average Bonchev–Trinajstić information content (AvgIpc) is 2.03. The van der Waals surface area contributed by atoms with E-state index in [0.29, 0.717) is 0 Å². The Labute approximate surface area is 73.0 Å². The quantitative estimate of drug-likeness (QED) is 0.603. The van der Waals surface area contributed by atoms with Crippen molar-refractivity contribution in [2.45, 2.75) is 44.1 Å². The first kappa shape index (κ1) is 8.24. The van der Waals surface area contributed by atoms with Gasteiger partial charge < -0.3 is 9.90 Å². The molecule has 2 fully saturated rings. The molecule has 12 heavy (non-hydrogen) atoms. The lowest BCUT2D eigenvalue weighted by Crippen LogP contribution is -2.51. The van der Waals surface area contributed by atoms with Crippen molar-refractivity contribution in [1.29, 1.82) is 0 Å². The van der Waals surface area contributed by atoms with Crippen molar-refractivity contribution < 1.29 is 9.90 Å². The average molecular weight is 168 g/mol. The minimum Gasteiger partial charge on any atom is -0.382 e. The van der Waals surface area contributed by atoms with Crippen molar-refractivity contribution in [2.75, 3.05) is 0 Å². The molecule has 2 bridgehead atoms. The van der Waals surface area contributed by atoms with Crippen LogP contribution in [0.25, 0.3) is 0 Å². The predicted octanol–water partition coefficient (Wildman–Crippen LogP) is 1.52. The summed E-state index contributed by atoms with van der Waals surface area (Å²) in [6.07, 6.45) is 7.40. The van der Waals surface area contributed by atoms with Crippen molar-refractivity contribution in [3.63, 3.8) is 0 Å². The molecule has 2 rings (SSSR count). The largest absolute Gasteiger partial charge is 0.382 e. The molecule has 1 N–H and O–H groups in total. The molecule has 2 aliphatic carbocycles. The van der Waals surface area contributed by atoms with Gasteiger partial charge in [0.15, 0.2) is 6.29 Å². The molecule has 0 radical (unpaired) electrons. The molecule has 0 atom stereocenters. The van der Waals surface area contributed by atoms with E-state index in [1.165, 1.54) is 12.8 Å². The van der Waals surface area contributed by atoms with Crippen LogP contribution >= 0.6 is 0 Å². The van der Waals surface area contributed by atoms with E-state index in [-0.39, 0.29) is 11.8 Å². The van der Waals surface area contributed by atoms with Crippen LogP contribution in [0.1, 0.15) is 38.5 Å². The normalized spacial score (nSPS) is 47.1. The van der Waals surface area contributed by atoms with Gasteiger partial charge in [-0.05, 0) is 37.5 Å². The van der Waals surface area contributed by atoms with E-state index < -0.39 is 5.60 Å². The van der Waals surface area contributed by atoms with E-state index in [2.05, 4.69) is 0 Å². The molecule has 0 heterocycles. The Morgan fingerprint density at radius 1 is 1.08 bits per heavy atom.